The van der Waals surface area contributed by atoms with Gasteiger partial charge in [-0.25, -0.2) is 19.4 Å². The van der Waals surface area contributed by atoms with Crippen molar-refractivity contribution in [2.24, 2.45) is 0 Å². The van der Waals surface area contributed by atoms with Crippen LogP contribution < -0.4 is 10.6 Å². The standard InChI is InChI=1S/C18H18N6O/c25-18(22-15-7-6-13-4-1-2-5-14(13)10-15)23-16-11-21-24(12-16)17-19-8-3-9-20-17/h1-5,8-9,11-12,15H,6-7,10H2,(H2,22,23,25)/t15-/m1/s1. The normalized spacial score (nSPS) is 16.1. The van der Waals surface area contributed by atoms with Gasteiger partial charge in [0.15, 0.2) is 0 Å². The number of urea groups is 1. The van der Waals surface area contributed by atoms with Crippen LogP contribution in [0.5, 0.6) is 0 Å². The SMILES string of the molecule is O=C(Nc1cnn(-c2ncccn2)c1)N[C@@H]1CCc2ccccc2C1. The summed E-state index contributed by atoms with van der Waals surface area (Å²) in [6.07, 6.45) is 9.35. The van der Waals surface area contributed by atoms with Gasteiger partial charge in [0.05, 0.1) is 18.1 Å². The molecular formula is C18H18N6O. The van der Waals surface area contributed by atoms with E-state index in [1.165, 1.54) is 15.8 Å². The monoisotopic (exact) mass is 334 g/mol. The molecule has 2 aromatic heterocycles. The van der Waals surface area contributed by atoms with E-state index in [-0.39, 0.29) is 12.1 Å². The Kier molecular flexibility index (Phi) is 4.12. The van der Waals surface area contributed by atoms with Crippen LogP contribution in [0.1, 0.15) is 17.5 Å². The van der Waals surface area contributed by atoms with Crippen LogP contribution in [0.15, 0.2) is 55.1 Å². The van der Waals surface area contributed by atoms with Crippen molar-refractivity contribution in [2.45, 2.75) is 25.3 Å². The number of benzene rings is 1. The Hall–Kier alpha value is -3.22. The Bertz CT molecular complexity index is 876. The molecule has 1 atom stereocenters. The van der Waals surface area contributed by atoms with Crippen LogP contribution in [0.3, 0.4) is 0 Å². The van der Waals surface area contributed by atoms with Gasteiger partial charge >= 0.3 is 6.03 Å². The Balaban J connectivity index is 1.36. The molecule has 0 spiro atoms. The number of hydrogen-bond donors (Lipinski definition) is 2. The van der Waals surface area contributed by atoms with E-state index < -0.39 is 0 Å². The fraction of sp³-hybridized carbons (Fsp3) is 0.222. The molecule has 1 aliphatic rings. The Labute approximate surface area is 145 Å². The van der Waals surface area contributed by atoms with Crippen molar-refractivity contribution in [3.05, 3.63) is 66.2 Å². The lowest BCUT2D eigenvalue weighted by Crippen LogP contribution is -2.41. The van der Waals surface area contributed by atoms with Crippen LogP contribution in [0.2, 0.25) is 0 Å². The maximum absolute atomic E-state index is 12.2. The third-order valence-electron chi connectivity index (χ3n) is 4.28. The minimum Gasteiger partial charge on any atom is -0.335 e. The first-order valence-corrected chi connectivity index (χ1v) is 8.24. The fourth-order valence-corrected chi connectivity index (χ4v) is 3.08. The molecule has 25 heavy (non-hydrogen) atoms. The van der Waals surface area contributed by atoms with Crippen molar-refractivity contribution >= 4 is 11.7 Å². The summed E-state index contributed by atoms with van der Waals surface area (Å²) in [5.41, 5.74) is 3.29. The highest BCUT2D eigenvalue weighted by atomic mass is 16.2. The summed E-state index contributed by atoms with van der Waals surface area (Å²) < 4.78 is 1.52. The summed E-state index contributed by atoms with van der Waals surface area (Å²) in [4.78, 5) is 20.5. The number of amides is 2. The van der Waals surface area contributed by atoms with Gasteiger partial charge in [-0.05, 0) is 36.5 Å². The molecule has 2 amide bonds. The van der Waals surface area contributed by atoms with Crippen LogP contribution >= 0.6 is 0 Å². The highest BCUT2D eigenvalue weighted by Crippen LogP contribution is 2.21. The third kappa shape index (κ3) is 3.50. The maximum atomic E-state index is 12.2. The zero-order chi connectivity index (χ0) is 17.1. The lowest BCUT2D eigenvalue weighted by Gasteiger charge is -2.25. The average Bonchev–Trinajstić information content (AvgIpc) is 3.10. The molecule has 4 rings (SSSR count). The molecule has 0 unspecified atom stereocenters. The van der Waals surface area contributed by atoms with Crippen molar-refractivity contribution in [1.29, 1.82) is 0 Å². The molecule has 0 aliphatic heterocycles. The van der Waals surface area contributed by atoms with Crippen LogP contribution in [-0.4, -0.2) is 31.8 Å². The van der Waals surface area contributed by atoms with E-state index in [2.05, 4.69) is 43.9 Å². The number of aromatic nitrogens is 4. The summed E-state index contributed by atoms with van der Waals surface area (Å²) in [5, 5.41) is 10.0. The summed E-state index contributed by atoms with van der Waals surface area (Å²) in [7, 11) is 0. The number of hydrogen-bond acceptors (Lipinski definition) is 4. The summed E-state index contributed by atoms with van der Waals surface area (Å²) in [5.74, 6) is 0.458. The van der Waals surface area contributed by atoms with Gasteiger partial charge in [-0.15, -0.1) is 0 Å². The molecule has 0 radical (unpaired) electrons. The molecule has 1 aliphatic carbocycles. The summed E-state index contributed by atoms with van der Waals surface area (Å²) >= 11 is 0. The first kappa shape index (κ1) is 15.3. The van der Waals surface area contributed by atoms with E-state index in [9.17, 15) is 4.79 Å². The summed E-state index contributed by atoms with van der Waals surface area (Å²) in [6.45, 7) is 0. The molecule has 0 fully saturated rings. The minimum atomic E-state index is -0.224. The number of nitrogens with zero attached hydrogens (tertiary/aromatic N) is 4. The summed E-state index contributed by atoms with van der Waals surface area (Å²) in [6, 6.07) is 10.0. The van der Waals surface area contributed by atoms with Gasteiger partial charge < -0.3 is 10.6 Å². The molecule has 7 nitrogen and oxygen atoms in total. The number of nitrogens with one attached hydrogen (secondary N) is 2. The van der Waals surface area contributed by atoms with Crippen LogP contribution in [0.4, 0.5) is 10.5 Å². The second kappa shape index (κ2) is 6.72. The van der Waals surface area contributed by atoms with Gasteiger partial charge in [-0.1, -0.05) is 24.3 Å². The molecule has 3 aromatic rings. The second-order valence-corrected chi connectivity index (χ2v) is 6.03. The zero-order valence-electron chi connectivity index (χ0n) is 13.6. The predicted molar refractivity (Wildman–Crippen MR) is 93.6 cm³/mol. The Morgan fingerprint density at radius 1 is 1.12 bits per heavy atom. The zero-order valence-corrected chi connectivity index (χ0v) is 13.6. The first-order chi connectivity index (χ1) is 12.3. The molecule has 0 saturated heterocycles. The number of carbonyl (C=O) groups is 1. The van der Waals surface area contributed by atoms with Crippen molar-refractivity contribution in [3.8, 4) is 5.95 Å². The number of fused-ring (bicyclic) bond motifs is 1. The molecular weight excluding hydrogens is 316 g/mol. The van der Waals surface area contributed by atoms with Crippen molar-refractivity contribution < 1.29 is 4.79 Å². The van der Waals surface area contributed by atoms with Crippen molar-refractivity contribution in [2.75, 3.05) is 5.32 Å². The Morgan fingerprint density at radius 3 is 2.76 bits per heavy atom. The van der Waals surface area contributed by atoms with Gasteiger partial charge in [0.2, 0.25) is 5.95 Å². The number of carbonyl (C=O) groups excluding carboxylic acids is 1. The predicted octanol–water partition coefficient (Wildman–Crippen LogP) is 2.34. The first-order valence-electron chi connectivity index (χ1n) is 8.24. The lowest BCUT2D eigenvalue weighted by molar-refractivity contribution is 0.247. The van der Waals surface area contributed by atoms with E-state index >= 15 is 0 Å². The molecule has 2 N–H and O–H groups in total. The highest BCUT2D eigenvalue weighted by Gasteiger charge is 2.20. The van der Waals surface area contributed by atoms with Gasteiger partial charge in [-0.2, -0.15) is 5.10 Å². The van der Waals surface area contributed by atoms with E-state index in [0.29, 0.717) is 11.6 Å². The molecule has 0 bridgehead atoms. The molecule has 1 aromatic carbocycles. The van der Waals surface area contributed by atoms with Gasteiger partial charge in [0.1, 0.15) is 0 Å². The Morgan fingerprint density at radius 2 is 1.92 bits per heavy atom. The van der Waals surface area contributed by atoms with Crippen LogP contribution in [0.25, 0.3) is 5.95 Å². The lowest BCUT2D eigenvalue weighted by atomic mass is 9.88. The van der Waals surface area contributed by atoms with E-state index in [4.69, 9.17) is 0 Å². The van der Waals surface area contributed by atoms with E-state index in [0.717, 1.165) is 19.3 Å². The number of anilines is 1. The van der Waals surface area contributed by atoms with Crippen LogP contribution in [-0.2, 0) is 12.8 Å². The molecule has 2 heterocycles. The smallest absolute Gasteiger partial charge is 0.319 e. The average molecular weight is 334 g/mol. The van der Waals surface area contributed by atoms with Crippen molar-refractivity contribution in [1.82, 2.24) is 25.1 Å². The van der Waals surface area contributed by atoms with Gasteiger partial charge in [0.25, 0.3) is 0 Å². The van der Waals surface area contributed by atoms with E-state index in [1.54, 1.807) is 30.9 Å². The topological polar surface area (TPSA) is 84.7 Å². The molecule has 7 heteroatoms. The molecule has 126 valence electrons. The highest BCUT2D eigenvalue weighted by molar-refractivity contribution is 5.89. The van der Waals surface area contributed by atoms with Crippen LogP contribution in [0, 0.1) is 0 Å². The van der Waals surface area contributed by atoms with Gasteiger partial charge in [-0.3, -0.25) is 0 Å². The van der Waals surface area contributed by atoms with Gasteiger partial charge in [0, 0.05) is 18.4 Å². The minimum absolute atomic E-state index is 0.141. The molecule has 0 saturated carbocycles. The fourth-order valence-electron chi connectivity index (χ4n) is 3.08. The van der Waals surface area contributed by atoms with E-state index in [1.807, 2.05) is 6.07 Å². The second-order valence-electron chi connectivity index (χ2n) is 6.03. The number of aryl methyl sites for hydroxylation is 1. The third-order valence-corrected chi connectivity index (χ3v) is 4.28. The number of rotatable bonds is 3. The quantitative estimate of drug-likeness (QED) is 0.770. The van der Waals surface area contributed by atoms with Crippen molar-refractivity contribution in [3.63, 3.8) is 0 Å². The largest absolute Gasteiger partial charge is 0.335 e. The maximum Gasteiger partial charge on any atom is 0.319 e.